The maximum Gasteiger partial charge on any atom is 0.139 e. The van der Waals surface area contributed by atoms with Crippen molar-refractivity contribution < 1.29 is 14.6 Å². The summed E-state index contributed by atoms with van der Waals surface area (Å²) in [5, 5.41) is 10.1. The maximum atomic E-state index is 9.59. The molecule has 1 aliphatic carbocycles. The molecule has 0 amide bonds. The van der Waals surface area contributed by atoms with Crippen LogP contribution in [0.4, 0.5) is 0 Å². The van der Waals surface area contributed by atoms with Crippen LogP contribution in [0.5, 0.6) is 5.75 Å². The predicted molar refractivity (Wildman–Crippen MR) is 64.3 cm³/mol. The summed E-state index contributed by atoms with van der Waals surface area (Å²) >= 11 is 5.82. The number of aliphatic hydroxyl groups excluding tert-OH is 1. The number of halogens is 1. The molecule has 3 unspecified atom stereocenters. The highest BCUT2D eigenvalue weighted by Crippen LogP contribution is 2.29. The number of rotatable bonds is 5. The number of ether oxygens (including phenoxy) is 2. The molecule has 1 aliphatic rings. The SMILES string of the molecule is CCCOC1C(O)CC1Oc1cncc(Cl)c1. The van der Waals surface area contributed by atoms with E-state index < -0.39 is 6.10 Å². The van der Waals surface area contributed by atoms with Crippen molar-refractivity contribution >= 4 is 11.6 Å². The van der Waals surface area contributed by atoms with Gasteiger partial charge in [-0.25, -0.2) is 0 Å². The minimum absolute atomic E-state index is 0.114. The second kappa shape index (κ2) is 5.67. The van der Waals surface area contributed by atoms with E-state index in [0.717, 1.165) is 6.42 Å². The molecule has 1 fully saturated rings. The minimum atomic E-state index is -0.432. The monoisotopic (exact) mass is 257 g/mol. The molecule has 3 atom stereocenters. The summed E-state index contributed by atoms with van der Waals surface area (Å²) in [7, 11) is 0. The number of aromatic nitrogens is 1. The van der Waals surface area contributed by atoms with Gasteiger partial charge in [0.2, 0.25) is 0 Å². The fourth-order valence-corrected chi connectivity index (χ4v) is 1.94. The van der Waals surface area contributed by atoms with Gasteiger partial charge >= 0.3 is 0 Å². The summed E-state index contributed by atoms with van der Waals surface area (Å²) in [6, 6.07) is 1.70. The molecule has 0 radical (unpaired) electrons. The fourth-order valence-electron chi connectivity index (χ4n) is 1.78. The van der Waals surface area contributed by atoms with E-state index in [1.807, 2.05) is 6.92 Å². The van der Waals surface area contributed by atoms with Crippen LogP contribution in [0.1, 0.15) is 19.8 Å². The number of pyridine rings is 1. The molecule has 1 heterocycles. The Kier molecular flexibility index (Phi) is 4.20. The number of nitrogens with zero attached hydrogens (tertiary/aromatic N) is 1. The van der Waals surface area contributed by atoms with Crippen molar-refractivity contribution in [3.05, 3.63) is 23.5 Å². The van der Waals surface area contributed by atoms with Gasteiger partial charge in [-0.15, -0.1) is 0 Å². The fraction of sp³-hybridized carbons (Fsp3) is 0.583. The van der Waals surface area contributed by atoms with Gasteiger partial charge in [0.15, 0.2) is 0 Å². The second-order valence-corrected chi connectivity index (χ2v) is 4.57. The molecule has 94 valence electrons. The number of aliphatic hydroxyl groups is 1. The minimum Gasteiger partial charge on any atom is -0.486 e. The molecule has 4 nitrogen and oxygen atoms in total. The quantitative estimate of drug-likeness (QED) is 0.877. The zero-order valence-corrected chi connectivity index (χ0v) is 10.4. The zero-order chi connectivity index (χ0) is 12.3. The Bertz CT molecular complexity index is 375. The lowest BCUT2D eigenvalue weighted by molar-refractivity contribution is -0.162. The molecule has 0 aromatic carbocycles. The van der Waals surface area contributed by atoms with Gasteiger partial charge < -0.3 is 14.6 Å². The summed E-state index contributed by atoms with van der Waals surface area (Å²) in [6.07, 6.45) is 3.88. The first-order valence-corrected chi connectivity index (χ1v) is 6.15. The van der Waals surface area contributed by atoms with Crippen molar-refractivity contribution in [1.29, 1.82) is 0 Å². The van der Waals surface area contributed by atoms with E-state index in [0.29, 0.717) is 23.8 Å². The van der Waals surface area contributed by atoms with Crippen LogP contribution in [0.25, 0.3) is 0 Å². The first kappa shape index (κ1) is 12.6. The molecule has 0 aliphatic heterocycles. The number of hydrogen-bond donors (Lipinski definition) is 1. The first-order chi connectivity index (χ1) is 8.20. The average molecular weight is 258 g/mol. The van der Waals surface area contributed by atoms with Crippen molar-refractivity contribution in [1.82, 2.24) is 4.98 Å². The molecular weight excluding hydrogens is 242 g/mol. The van der Waals surface area contributed by atoms with Gasteiger partial charge in [-0.1, -0.05) is 18.5 Å². The van der Waals surface area contributed by atoms with Crippen molar-refractivity contribution in [2.24, 2.45) is 0 Å². The van der Waals surface area contributed by atoms with Gasteiger partial charge in [0.1, 0.15) is 18.0 Å². The highest BCUT2D eigenvalue weighted by molar-refractivity contribution is 6.30. The third-order valence-corrected chi connectivity index (χ3v) is 2.91. The highest BCUT2D eigenvalue weighted by Gasteiger charge is 2.42. The topological polar surface area (TPSA) is 51.6 Å². The van der Waals surface area contributed by atoms with Crippen LogP contribution in [0.15, 0.2) is 18.5 Å². The molecule has 1 N–H and O–H groups in total. The first-order valence-electron chi connectivity index (χ1n) is 5.77. The van der Waals surface area contributed by atoms with E-state index >= 15 is 0 Å². The Labute approximate surface area is 106 Å². The van der Waals surface area contributed by atoms with E-state index in [9.17, 15) is 5.11 Å². The van der Waals surface area contributed by atoms with Crippen LogP contribution in [0, 0.1) is 0 Å². The van der Waals surface area contributed by atoms with Gasteiger partial charge in [0.05, 0.1) is 17.3 Å². The third-order valence-electron chi connectivity index (χ3n) is 2.70. The lowest BCUT2D eigenvalue weighted by Gasteiger charge is -2.40. The maximum absolute atomic E-state index is 9.59. The summed E-state index contributed by atoms with van der Waals surface area (Å²) in [6.45, 7) is 2.66. The van der Waals surface area contributed by atoms with Crippen molar-refractivity contribution in [2.45, 2.75) is 38.1 Å². The Balaban J connectivity index is 1.91. The Morgan fingerprint density at radius 2 is 2.35 bits per heavy atom. The summed E-state index contributed by atoms with van der Waals surface area (Å²) in [5.74, 6) is 0.611. The smallest absolute Gasteiger partial charge is 0.139 e. The Morgan fingerprint density at radius 3 is 3.00 bits per heavy atom. The van der Waals surface area contributed by atoms with E-state index in [4.69, 9.17) is 21.1 Å². The highest BCUT2D eigenvalue weighted by atomic mass is 35.5. The molecular formula is C12H16ClNO3. The van der Waals surface area contributed by atoms with Crippen LogP contribution in [-0.2, 0) is 4.74 Å². The third kappa shape index (κ3) is 3.09. The Hall–Kier alpha value is -0.840. The van der Waals surface area contributed by atoms with Gasteiger partial charge in [0, 0.05) is 25.3 Å². The van der Waals surface area contributed by atoms with Crippen LogP contribution in [-0.4, -0.2) is 35.0 Å². The zero-order valence-electron chi connectivity index (χ0n) is 9.67. The van der Waals surface area contributed by atoms with Crippen molar-refractivity contribution in [3.63, 3.8) is 0 Å². The molecule has 1 saturated carbocycles. The van der Waals surface area contributed by atoms with Crippen LogP contribution in [0.2, 0.25) is 5.02 Å². The van der Waals surface area contributed by atoms with Crippen molar-refractivity contribution in [3.8, 4) is 5.75 Å². The molecule has 0 saturated heterocycles. The molecule has 2 rings (SSSR count). The van der Waals surface area contributed by atoms with E-state index in [-0.39, 0.29) is 12.2 Å². The van der Waals surface area contributed by atoms with Gasteiger partial charge in [0.25, 0.3) is 0 Å². The second-order valence-electron chi connectivity index (χ2n) is 4.13. The van der Waals surface area contributed by atoms with E-state index in [1.54, 1.807) is 18.5 Å². The normalized spacial score (nSPS) is 27.6. The summed E-state index contributed by atoms with van der Waals surface area (Å²) in [4.78, 5) is 3.94. The molecule has 5 heteroatoms. The standard InChI is InChI=1S/C12H16ClNO3/c1-2-3-16-12-10(15)5-11(12)17-9-4-8(13)6-14-7-9/h4,6-7,10-12,15H,2-3,5H2,1H3. The van der Waals surface area contributed by atoms with Gasteiger partial charge in [-0.3, -0.25) is 4.98 Å². The van der Waals surface area contributed by atoms with Crippen LogP contribution < -0.4 is 4.74 Å². The summed E-state index contributed by atoms with van der Waals surface area (Å²) < 4.78 is 11.2. The average Bonchev–Trinajstić information content (AvgIpc) is 2.29. The van der Waals surface area contributed by atoms with E-state index in [1.165, 1.54) is 0 Å². The molecule has 0 bridgehead atoms. The lowest BCUT2D eigenvalue weighted by atomic mass is 9.88. The Morgan fingerprint density at radius 1 is 1.53 bits per heavy atom. The lowest BCUT2D eigenvalue weighted by Crippen LogP contribution is -2.55. The van der Waals surface area contributed by atoms with Crippen molar-refractivity contribution in [2.75, 3.05) is 6.61 Å². The molecule has 1 aromatic rings. The van der Waals surface area contributed by atoms with Crippen LogP contribution >= 0.6 is 11.6 Å². The molecule has 0 spiro atoms. The van der Waals surface area contributed by atoms with E-state index in [2.05, 4.69) is 4.98 Å². The predicted octanol–water partition coefficient (Wildman–Crippen LogP) is 2.04. The largest absolute Gasteiger partial charge is 0.486 e. The van der Waals surface area contributed by atoms with Gasteiger partial charge in [-0.2, -0.15) is 0 Å². The molecule has 17 heavy (non-hydrogen) atoms. The molecule has 1 aromatic heterocycles. The van der Waals surface area contributed by atoms with Crippen LogP contribution in [0.3, 0.4) is 0 Å². The summed E-state index contributed by atoms with van der Waals surface area (Å²) in [5.41, 5.74) is 0. The number of hydrogen-bond acceptors (Lipinski definition) is 4. The van der Waals surface area contributed by atoms with Gasteiger partial charge in [-0.05, 0) is 6.42 Å².